The van der Waals surface area contributed by atoms with Gasteiger partial charge in [-0.25, -0.2) is 15.0 Å². The van der Waals surface area contributed by atoms with E-state index in [1.807, 2.05) is 36.4 Å². The molecule has 0 spiro atoms. The lowest BCUT2D eigenvalue weighted by Gasteiger charge is -2.29. The van der Waals surface area contributed by atoms with Crippen LogP contribution in [0.2, 0.25) is 0 Å². The molecule has 0 atom stereocenters. The van der Waals surface area contributed by atoms with Crippen molar-refractivity contribution in [2.24, 2.45) is 5.41 Å². The monoisotopic (exact) mass is 445 g/mol. The zero-order valence-electron chi connectivity index (χ0n) is 19.6. The molecular weight excluding hydrogens is 414 g/mol. The van der Waals surface area contributed by atoms with Gasteiger partial charge < -0.3 is 5.32 Å². The summed E-state index contributed by atoms with van der Waals surface area (Å²) in [6.07, 6.45) is 9.27. The number of fused-ring (bicyclic) bond motifs is 1. The number of pyridine rings is 1. The minimum Gasteiger partial charge on any atom is -0.366 e. The van der Waals surface area contributed by atoms with Gasteiger partial charge in [0, 0.05) is 54.3 Å². The van der Waals surface area contributed by atoms with E-state index in [4.69, 9.17) is 10.1 Å². The third-order valence-corrected chi connectivity index (χ3v) is 6.65. The molecule has 0 radical (unpaired) electrons. The second-order valence-corrected chi connectivity index (χ2v) is 9.96. The number of nitrogens with one attached hydrogen (secondary N) is 2. The first-order chi connectivity index (χ1) is 15.9. The quantitative estimate of drug-likeness (QED) is 0.610. The van der Waals surface area contributed by atoms with E-state index in [0.717, 1.165) is 54.7 Å². The van der Waals surface area contributed by atoms with E-state index in [0.29, 0.717) is 31.1 Å². The topological polar surface area (TPSA) is 99.7 Å². The summed E-state index contributed by atoms with van der Waals surface area (Å²) in [6.45, 7) is 7.74. The van der Waals surface area contributed by atoms with Crippen molar-refractivity contribution in [3.05, 3.63) is 47.2 Å². The van der Waals surface area contributed by atoms with Gasteiger partial charge in [0.15, 0.2) is 0 Å². The highest BCUT2D eigenvalue weighted by Gasteiger charge is 2.30. The molecule has 1 aliphatic heterocycles. The van der Waals surface area contributed by atoms with Crippen LogP contribution < -0.4 is 10.2 Å². The number of aromatic amines is 1. The van der Waals surface area contributed by atoms with Crippen molar-refractivity contribution in [1.82, 2.24) is 25.1 Å². The molecule has 8 nitrogen and oxygen atoms in total. The fourth-order valence-corrected chi connectivity index (χ4v) is 4.72. The van der Waals surface area contributed by atoms with Crippen molar-refractivity contribution in [2.75, 3.05) is 16.8 Å². The smallest absolute Gasteiger partial charge is 0.228 e. The second kappa shape index (κ2) is 8.57. The molecule has 33 heavy (non-hydrogen) atoms. The molecule has 172 valence electrons. The number of amides is 1. The van der Waals surface area contributed by atoms with E-state index in [1.165, 1.54) is 11.3 Å². The van der Waals surface area contributed by atoms with E-state index >= 15 is 0 Å². The lowest BCUT2D eigenvalue weighted by Crippen LogP contribution is -2.35. The molecule has 0 bridgehead atoms. The minimum absolute atomic E-state index is 0.134. The predicted molar refractivity (Wildman–Crippen MR) is 128 cm³/mol. The average Bonchev–Trinajstić information content (AvgIpc) is 3.21. The maximum Gasteiger partial charge on any atom is 0.228 e. The Balaban J connectivity index is 1.50. The Morgan fingerprint density at radius 2 is 1.97 bits per heavy atom. The number of aryl methyl sites for hydroxylation is 1. The number of aromatic nitrogens is 5. The van der Waals surface area contributed by atoms with Crippen LogP contribution in [0.4, 0.5) is 11.6 Å². The van der Waals surface area contributed by atoms with Crippen molar-refractivity contribution in [1.29, 1.82) is 0 Å². The normalized spacial score (nSPS) is 17.7. The number of hydrogen-bond donors (Lipinski definition) is 2. The summed E-state index contributed by atoms with van der Waals surface area (Å²) < 4.78 is 0. The highest BCUT2D eigenvalue weighted by molar-refractivity contribution is 5.94. The number of anilines is 2. The van der Waals surface area contributed by atoms with Crippen molar-refractivity contribution in [3.8, 4) is 11.3 Å². The Morgan fingerprint density at radius 3 is 2.76 bits per heavy atom. The van der Waals surface area contributed by atoms with Crippen LogP contribution in [0.1, 0.15) is 62.2 Å². The molecular formula is C25H31N7O. The van der Waals surface area contributed by atoms with E-state index in [-0.39, 0.29) is 11.3 Å². The van der Waals surface area contributed by atoms with Crippen LogP contribution in [0, 0.1) is 12.3 Å². The summed E-state index contributed by atoms with van der Waals surface area (Å²) in [4.78, 5) is 27.8. The van der Waals surface area contributed by atoms with Crippen LogP contribution >= 0.6 is 0 Å². The Hall–Kier alpha value is -3.29. The lowest BCUT2D eigenvalue weighted by molar-refractivity contribution is -0.119. The first-order valence-electron chi connectivity index (χ1n) is 11.8. The van der Waals surface area contributed by atoms with Gasteiger partial charge in [0.05, 0.1) is 5.69 Å². The first-order valence-corrected chi connectivity index (χ1v) is 11.8. The van der Waals surface area contributed by atoms with E-state index in [1.54, 1.807) is 0 Å². The van der Waals surface area contributed by atoms with E-state index in [9.17, 15) is 4.79 Å². The number of carbonyl (C=O) groups excluding carboxylic acids is 1. The van der Waals surface area contributed by atoms with Crippen LogP contribution in [0.15, 0.2) is 24.5 Å². The van der Waals surface area contributed by atoms with Crippen LogP contribution in [0.5, 0.6) is 0 Å². The molecule has 3 aromatic rings. The van der Waals surface area contributed by atoms with Gasteiger partial charge in [0.25, 0.3) is 0 Å². The van der Waals surface area contributed by atoms with Crippen molar-refractivity contribution < 1.29 is 4.79 Å². The van der Waals surface area contributed by atoms with Gasteiger partial charge in [0.1, 0.15) is 17.5 Å². The Labute approximate surface area is 194 Å². The third-order valence-electron chi connectivity index (χ3n) is 6.65. The highest BCUT2D eigenvalue weighted by atomic mass is 16.2. The molecule has 8 heteroatoms. The minimum atomic E-state index is 0.134. The van der Waals surface area contributed by atoms with Crippen LogP contribution in [-0.4, -0.2) is 37.6 Å². The zero-order valence-corrected chi connectivity index (χ0v) is 19.6. The number of nitrogens with zero attached hydrogens (tertiary/aromatic N) is 5. The molecule has 4 heterocycles. The van der Waals surface area contributed by atoms with Gasteiger partial charge in [0.2, 0.25) is 5.91 Å². The summed E-state index contributed by atoms with van der Waals surface area (Å²) in [6, 6.07) is 4.04. The Morgan fingerprint density at radius 1 is 1.15 bits per heavy atom. The molecule has 0 aromatic carbocycles. The van der Waals surface area contributed by atoms with Crippen LogP contribution in [-0.2, 0) is 24.2 Å². The summed E-state index contributed by atoms with van der Waals surface area (Å²) in [7, 11) is 0. The van der Waals surface area contributed by atoms with Crippen molar-refractivity contribution >= 4 is 17.5 Å². The number of hydrogen-bond acceptors (Lipinski definition) is 6. The summed E-state index contributed by atoms with van der Waals surface area (Å²) in [5.41, 5.74) is 5.72. The summed E-state index contributed by atoms with van der Waals surface area (Å²) in [5.74, 6) is 2.29. The highest BCUT2D eigenvalue weighted by Crippen LogP contribution is 2.39. The van der Waals surface area contributed by atoms with Crippen molar-refractivity contribution in [3.63, 3.8) is 0 Å². The molecule has 1 aliphatic carbocycles. The molecule has 1 saturated heterocycles. The lowest BCUT2D eigenvalue weighted by atomic mass is 9.76. The molecule has 2 N–H and O–H groups in total. The maximum atomic E-state index is 12.6. The van der Waals surface area contributed by atoms with Crippen molar-refractivity contribution in [2.45, 2.75) is 65.8 Å². The van der Waals surface area contributed by atoms with Crippen LogP contribution in [0.3, 0.4) is 0 Å². The average molecular weight is 446 g/mol. The fraction of sp³-hybridized carbons (Fsp3) is 0.480. The molecule has 5 rings (SSSR count). The fourth-order valence-electron chi connectivity index (χ4n) is 4.72. The van der Waals surface area contributed by atoms with Crippen LogP contribution in [0.25, 0.3) is 11.3 Å². The number of rotatable bonds is 5. The molecule has 0 unspecified atom stereocenters. The second-order valence-electron chi connectivity index (χ2n) is 9.96. The number of piperidine rings is 1. The van der Waals surface area contributed by atoms with Gasteiger partial charge in [-0.15, -0.1) is 0 Å². The number of carbonyl (C=O) groups is 1. The van der Waals surface area contributed by atoms with Gasteiger partial charge in [-0.1, -0.05) is 13.8 Å². The Bertz CT molecular complexity index is 1170. The molecule has 0 saturated carbocycles. The third kappa shape index (κ3) is 4.60. The van der Waals surface area contributed by atoms with Gasteiger partial charge >= 0.3 is 0 Å². The standard InChI is InChI=1S/C25H31N7O/c1-16-26-13-17(14-27-16)15-28-21-10-18(11-22(29-21)32-9-5-4-6-23(32)33)24-19-7-8-25(2,3)12-20(19)30-31-24/h10-11,13-14H,4-9,12,15H2,1-3H3,(H,28,29)(H,30,31). The van der Waals surface area contributed by atoms with Gasteiger partial charge in [-0.3, -0.25) is 14.8 Å². The van der Waals surface area contributed by atoms with E-state index in [2.05, 4.69) is 34.2 Å². The van der Waals surface area contributed by atoms with E-state index < -0.39 is 0 Å². The number of H-pyrrole nitrogens is 1. The molecule has 3 aromatic heterocycles. The summed E-state index contributed by atoms with van der Waals surface area (Å²) in [5, 5.41) is 11.4. The van der Waals surface area contributed by atoms with Gasteiger partial charge in [-0.2, -0.15) is 5.10 Å². The predicted octanol–water partition coefficient (Wildman–Crippen LogP) is 4.21. The molecule has 1 amide bonds. The first kappa shape index (κ1) is 21.6. The maximum absolute atomic E-state index is 12.6. The Kier molecular flexibility index (Phi) is 5.60. The largest absolute Gasteiger partial charge is 0.366 e. The molecule has 2 aliphatic rings. The van der Waals surface area contributed by atoms with Gasteiger partial charge in [-0.05, 0) is 56.6 Å². The SMILES string of the molecule is Cc1ncc(CNc2cc(-c3n[nH]c4c3CCC(C)(C)C4)cc(N3CCCCC3=O)n2)cn1. The summed E-state index contributed by atoms with van der Waals surface area (Å²) >= 11 is 0. The molecule has 1 fully saturated rings. The zero-order chi connectivity index (χ0) is 23.0.